The zero-order valence-corrected chi connectivity index (χ0v) is 9.67. The Morgan fingerprint density at radius 3 is 2.87 bits per heavy atom. The van der Waals surface area contributed by atoms with Crippen LogP contribution in [0.3, 0.4) is 0 Å². The summed E-state index contributed by atoms with van der Waals surface area (Å²) in [7, 11) is 0. The van der Waals surface area contributed by atoms with Crippen LogP contribution in [0.5, 0.6) is 0 Å². The summed E-state index contributed by atoms with van der Waals surface area (Å²) >= 11 is 3.23. The van der Waals surface area contributed by atoms with E-state index >= 15 is 0 Å². The minimum Gasteiger partial charge on any atom is -0.351 e. The van der Waals surface area contributed by atoms with E-state index in [0.717, 1.165) is 0 Å². The zero-order valence-electron chi connectivity index (χ0n) is 8.09. The first-order valence-electron chi connectivity index (χ1n) is 4.82. The summed E-state index contributed by atoms with van der Waals surface area (Å²) in [5, 5.41) is 0. The number of nitrogens with zero attached hydrogens (tertiary/aromatic N) is 2. The fourth-order valence-corrected chi connectivity index (χ4v) is 2.07. The molecule has 0 amide bonds. The number of anilines is 1. The Balaban J connectivity index is 2.17. The van der Waals surface area contributed by atoms with Crippen molar-refractivity contribution < 1.29 is 8.78 Å². The van der Waals surface area contributed by atoms with Gasteiger partial charge in [0.15, 0.2) is 0 Å². The second-order valence-electron chi connectivity index (χ2n) is 3.70. The molecule has 2 rings (SSSR count). The Bertz CT molecular complexity index is 357. The standard InChI is InChI=1S/C10H11BrF2N2/c11-8-3-1-4-9(14-8)15-6-2-5-10(12,13)7-15/h1,3-4H,2,5-7H2. The lowest BCUT2D eigenvalue weighted by atomic mass is 10.1. The van der Waals surface area contributed by atoms with Gasteiger partial charge >= 0.3 is 0 Å². The monoisotopic (exact) mass is 276 g/mol. The van der Waals surface area contributed by atoms with E-state index in [2.05, 4.69) is 20.9 Å². The van der Waals surface area contributed by atoms with Gasteiger partial charge in [0.1, 0.15) is 10.4 Å². The predicted octanol–water partition coefficient (Wildman–Crippen LogP) is 3.08. The molecule has 82 valence electrons. The van der Waals surface area contributed by atoms with E-state index in [1.54, 1.807) is 23.1 Å². The van der Waals surface area contributed by atoms with E-state index < -0.39 is 5.92 Å². The molecular formula is C10H11BrF2N2. The average molecular weight is 277 g/mol. The maximum Gasteiger partial charge on any atom is 0.265 e. The molecule has 1 aromatic rings. The molecule has 2 heterocycles. The highest BCUT2D eigenvalue weighted by Crippen LogP contribution is 2.29. The van der Waals surface area contributed by atoms with Crippen molar-refractivity contribution in [1.29, 1.82) is 0 Å². The number of halogens is 3. The first kappa shape index (κ1) is 10.8. The number of hydrogen-bond donors (Lipinski definition) is 0. The molecular weight excluding hydrogens is 266 g/mol. The number of pyridine rings is 1. The Morgan fingerprint density at radius 2 is 2.20 bits per heavy atom. The van der Waals surface area contributed by atoms with E-state index in [-0.39, 0.29) is 13.0 Å². The minimum absolute atomic E-state index is 0.0164. The SMILES string of the molecule is FC1(F)CCCN(c2cccc(Br)n2)C1. The molecule has 5 heteroatoms. The number of alkyl halides is 2. The van der Waals surface area contributed by atoms with Crippen LogP contribution in [0, 0.1) is 0 Å². The van der Waals surface area contributed by atoms with Crippen molar-refractivity contribution in [3.05, 3.63) is 22.8 Å². The fourth-order valence-electron chi connectivity index (χ4n) is 1.74. The lowest BCUT2D eigenvalue weighted by molar-refractivity contribution is -0.0118. The number of piperidine rings is 1. The van der Waals surface area contributed by atoms with Crippen LogP contribution in [0.15, 0.2) is 22.8 Å². The zero-order chi connectivity index (χ0) is 10.9. The summed E-state index contributed by atoms with van der Waals surface area (Å²) in [6.07, 6.45) is 0.499. The molecule has 1 aliphatic heterocycles. The van der Waals surface area contributed by atoms with Crippen LogP contribution in [0.4, 0.5) is 14.6 Å². The van der Waals surface area contributed by atoms with Gasteiger partial charge in [-0.15, -0.1) is 0 Å². The lowest BCUT2D eigenvalue weighted by Gasteiger charge is -2.33. The highest BCUT2D eigenvalue weighted by atomic mass is 79.9. The van der Waals surface area contributed by atoms with Crippen LogP contribution < -0.4 is 4.90 Å². The predicted molar refractivity (Wildman–Crippen MR) is 58.3 cm³/mol. The molecule has 0 unspecified atom stereocenters. The summed E-state index contributed by atoms with van der Waals surface area (Å²) in [4.78, 5) is 5.80. The summed E-state index contributed by atoms with van der Waals surface area (Å²) in [5.74, 6) is -1.97. The van der Waals surface area contributed by atoms with Gasteiger partial charge in [0.05, 0.1) is 6.54 Å². The molecule has 1 saturated heterocycles. The van der Waals surface area contributed by atoms with Crippen molar-refractivity contribution in [3.8, 4) is 0 Å². The van der Waals surface area contributed by atoms with Gasteiger partial charge in [0, 0.05) is 13.0 Å². The van der Waals surface area contributed by atoms with Gasteiger partial charge in [-0.05, 0) is 34.5 Å². The highest BCUT2D eigenvalue weighted by molar-refractivity contribution is 9.10. The van der Waals surface area contributed by atoms with E-state index in [0.29, 0.717) is 23.4 Å². The molecule has 1 aromatic heterocycles. The Hall–Kier alpha value is -0.710. The molecule has 0 aromatic carbocycles. The number of hydrogen-bond acceptors (Lipinski definition) is 2. The molecule has 0 aliphatic carbocycles. The molecule has 1 fully saturated rings. The van der Waals surface area contributed by atoms with Crippen molar-refractivity contribution in [2.45, 2.75) is 18.8 Å². The van der Waals surface area contributed by atoms with Crippen LogP contribution >= 0.6 is 15.9 Å². The summed E-state index contributed by atoms with van der Waals surface area (Å²) in [6, 6.07) is 5.34. The van der Waals surface area contributed by atoms with Gasteiger partial charge in [-0.25, -0.2) is 13.8 Å². The average Bonchev–Trinajstić information content (AvgIpc) is 2.16. The van der Waals surface area contributed by atoms with E-state index in [4.69, 9.17) is 0 Å². The molecule has 0 bridgehead atoms. The maximum atomic E-state index is 13.2. The largest absolute Gasteiger partial charge is 0.351 e. The second kappa shape index (κ2) is 4.04. The quantitative estimate of drug-likeness (QED) is 0.733. The number of rotatable bonds is 1. The summed E-state index contributed by atoms with van der Waals surface area (Å²) < 4.78 is 27.0. The lowest BCUT2D eigenvalue weighted by Crippen LogP contribution is -2.43. The summed E-state index contributed by atoms with van der Waals surface area (Å²) in [6.45, 7) is 0.426. The van der Waals surface area contributed by atoms with Gasteiger partial charge in [0.2, 0.25) is 0 Å². The molecule has 2 nitrogen and oxygen atoms in total. The van der Waals surface area contributed by atoms with Crippen molar-refractivity contribution >= 4 is 21.7 Å². The van der Waals surface area contributed by atoms with Gasteiger partial charge in [-0.2, -0.15) is 0 Å². The first-order chi connectivity index (χ1) is 7.07. The van der Waals surface area contributed by atoms with Crippen molar-refractivity contribution in [2.75, 3.05) is 18.0 Å². The smallest absolute Gasteiger partial charge is 0.265 e. The van der Waals surface area contributed by atoms with E-state index in [9.17, 15) is 8.78 Å². The third-order valence-electron chi connectivity index (χ3n) is 2.42. The third-order valence-corrected chi connectivity index (χ3v) is 2.86. The van der Waals surface area contributed by atoms with Gasteiger partial charge in [-0.3, -0.25) is 0 Å². The third kappa shape index (κ3) is 2.65. The minimum atomic E-state index is -2.58. The highest BCUT2D eigenvalue weighted by Gasteiger charge is 2.35. The topological polar surface area (TPSA) is 16.1 Å². The van der Waals surface area contributed by atoms with Crippen molar-refractivity contribution in [2.24, 2.45) is 0 Å². The van der Waals surface area contributed by atoms with Gasteiger partial charge in [0.25, 0.3) is 5.92 Å². The van der Waals surface area contributed by atoms with Crippen LogP contribution in [-0.4, -0.2) is 24.0 Å². The molecule has 0 radical (unpaired) electrons. The van der Waals surface area contributed by atoms with Gasteiger partial charge < -0.3 is 4.90 Å². The normalized spacial score (nSPS) is 20.3. The fraction of sp³-hybridized carbons (Fsp3) is 0.500. The molecule has 15 heavy (non-hydrogen) atoms. The molecule has 1 aliphatic rings. The Kier molecular flexibility index (Phi) is 2.91. The Labute approximate surface area is 95.4 Å². The maximum absolute atomic E-state index is 13.2. The first-order valence-corrected chi connectivity index (χ1v) is 5.61. The number of aromatic nitrogens is 1. The van der Waals surface area contributed by atoms with Crippen LogP contribution in [0.25, 0.3) is 0 Å². The van der Waals surface area contributed by atoms with Gasteiger partial charge in [-0.1, -0.05) is 6.07 Å². The molecule has 0 N–H and O–H groups in total. The van der Waals surface area contributed by atoms with Crippen LogP contribution in [-0.2, 0) is 0 Å². The molecule has 0 spiro atoms. The molecule has 0 atom stereocenters. The van der Waals surface area contributed by atoms with Crippen molar-refractivity contribution in [1.82, 2.24) is 4.98 Å². The second-order valence-corrected chi connectivity index (χ2v) is 4.51. The van der Waals surface area contributed by atoms with E-state index in [1.165, 1.54) is 0 Å². The molecule has 0 saturated carbocycles. The summed E-state index contributed by atoms with van der Waals surface area (Å²) in [5.41, 5.74) is 0. The van der Waals surface area contributed by atoms with Crippen molar-refractivity contribution in [3.63, 3.8) is 0 Å². The van der Waals surface area contributed by atoms with Crippen LogP contribution in [0.1, 0.15) is 12.8 Å². The van der Waals surface area contributed by atoms with E-state index in [1.807, 2.05) is 0 Å². The van der Waals surface area contributed by atoms with Crippen LogP contribution in [0.2, 0.25) is 0 Å². The Morgan fingerprint density at radius 1 is 1.40 bits per heavy atom.